The van der Waals surface area contributed by atoms with Crippen LogP contribution >= 0.6 is 0 Å². The van der Waals surface area contributed by atoms with Crippen LogP contribution in [-0.4, -0.2) is 17.9 Å². The molecule has 4 heteroatoms. The van der Waals surface area contributed by atoms with E-state index < -0.39 is 6.04 Å². The van der Waals surface area contributed by atoms with Crippen molar-refractivity contribution in [3.63, 3.8) is 0 Å². The van der Waals surface area contributed by atoms with Crippen LogP contribution in [0.2, 0.25) is 0 Å². The molecule has 0 heterocycles. The molecule has 0 aliphatic carbocycles. The van der Waals surface area contributed by atoms with Gasteiger partial charge in [0.25, 0.3) is 5.91 Å². The molecule has 4 nitrogen and oxygen atoms in total. The second-order valence-electron chi connectivity index (χ2n) is 5.37. The van der Waals surface area contributed by atoms with Crippen LogP contribution < -0.4 is 10.6 Å². The first-order valence-electron chi connectivity index (χ1n) is 7.21. The molecule has 1 atom stereocenters. The maximum atomic E-state index is 12.2. The molecule has 0 aliphatic heterocycles. The van der Waals surface area contributed by atoms with Crippen LogP contribution in [0.5, 0.6) is 0 Å². The van der Waals surface area contributed by atoms with Gasteiger partial charge in [0.05, 0.1) is 0 Å². The zero-order valence-electron chi connectivity index (χ0n) is 13.0. The van der Waals surface area contributed by atoms with E-state index in [0.29, 0.717) is 5.56 Å². The lowest BCUT2D eigenvalue weighted by atomic mass is 10.1. The standard InChI is InChI=1S/C18H20N2O2/c1-12-7-6-9-15(11-12)18(22)19-14(3)17(21)20-16-10-5-4-8-13(16)2/h4-11,14H,1-3H3,(H,19,22)(H,20,21). The Labute approximate surface area is 130 Å². The molecule has 1 unspecified atom stereocenters. The number of carbonyl (C=O) groups is 2. The Balaban J connectivity index is 1.99. The second kappa shape index (κ2) is 6.89. The average Bonchev–Trinajstić information content (AvgIpc) is 2.49. The highest BCUT2D eigenvalue weighted by molar-refractivity contribution is 6.01. The minimum atomic E-state index is -0.618. The van der Waals surface area contributed by atoms with Gasteiger partial charge in [0, 0.05) is 11.3 Å². The van der Waals surface area contributed by atoms with E-state index >= 15 is 0 Å². The van der Waals surface area contributed by atoms with E-state index in [1.165, 1.54) is 0 Å². The minimum absolute atomic E-state index is 0.240. The van der Waals surface area contributed by atoms with Crippen molar-refractivity contribution in [2.24, 2.45) is 0 Å². The summed E-state index contributed by atoms with van der Waals surface area (Å²) in [5.41, 5.74) is 3.29. The Morgan fingerprint density at radius 3 is 2.41 bits per heavy atom. The number of rotatable bonds is 4. The van der Waals surface area contributed by atoms with Crippen molar-refractivity contribution in [1.82, 2.24) is 5.32 Å². The number of carbonyl (C=O) groups excluding carboxylic acids is 2. The third-order valence-corrected chi connectivity index (χ3v) is 3.42. The molecule has 2 aromatic rings. The third kappa shape index (κ3) is 3.95. The number of benzene rings is 2. The molecular formula is C18H20N2O2. The topological polar surface area (TPSA) is 58.2 Å². The smallest absolute Gasteiger partial charge is 0.251 e. The van der Waals surface area contributed by atoms with Gasteiger partial charge in [-0.1, -0.05) is 35.9 Å². The van der Waals surface area contributed by atoms with E-state index in [0.717, 1.165) is 16.8 Å². The van der Waals surface area contributed by atoms with Crippen molar-refractivity contribution in [2.45, 2.75) is 26.8 Å². The van der Waals surface area contributed by atoms with E-state index in [-0.39, 0.29) is 11.8 Å². The van der Waals surface area contributed by atoms with Crippen LogP contribution in [0.3, 0.4) is 0 Å². The molecular weight excluding hydrogens is 276 g/mol. The molecule has 0 bridgehead atoms. The van der Waals surface area contributed by atoms with Gasteiger partial charge in [-0.25, -0.2) is 0 Å². The first-order valence-corrected chi connectivity index (χ1v) is 7.21. The van der Waals surface area contributed by atoms with Gasteiger partial charge >= 0.3 is 0 Å². The van der Waals surface area contributed by atoms with Gasteiger partial charge < -0.3 is 10.6 Å². The number of amides is 2. The van der Waals surface area contributed by atoms with Crippen LogP contribution in [0, 0.1) is 13.8 Å². The first-order chi connectivity index (χ1) is 10.5. The molecule has 0 fully saturated rings. The van der Waals surface area contributed by atoms with Gasteiger partial charge in [-0.3, -0.25) is 9.59 Å². The van der Waals surface area contributed by atoms with Crippen molar-refractivity contribution in [3.8, 4) is 0 Å². The Hall–Kier alpha value is -2.62. The predicted molar refractivity (Wildman–Crippen MR) is 87.9 cm³/mol. The SMILES string of the molecule is Cc1cccc(C(=O)NC(C)C(=O)Nc2ccccc2C)c1. The van der Waals surface area contributed by atoms with Crippen LogP contribution in [-0.2, 0) is 4.79 Å². The van der Waals surface area contributed by atoms with E-state index in [1.54, 1.807) is 19.1 Å². The fourth-order valence-electron chi connectivity index (χ4n) is 2.09. The number of anilines is 1. The normalized spacial score (nSPS) is 11.6. The molecule has 0 saturated carbocycles. The molecule has 2 rings (SSSR count). The summed E-state index contributed by atoms with van der Waals surface area (Å²) in [6.07, 6.45) is 0. The van der Waals surface area contributed by atoms with Crippen LogP contribution in [0.4, 0.5) is 5.69 Å². The predicted octanol–water partition coefficient (Wildman–Crippen LogP) is 3.06. The number of nitrogens with one attached hydrogen (secondary N) is 2. The quantitative estimate of drug-likeness (QED) is 0.911. The summed E-state index contributed by atoms with van der Waals surface area (Å²) in [5, 5.41) is 5.54. The van der Waals surface area contributed by atoms with E-state index in [9.17, 15) is 9.59 Å². The maximum Gasteiger partial charge on any atom is 0.251 e. The molecule has 0 aliphatic rings. The van der Waals surface area contributed by atoms with Crippen molar-refractivity contribution < 1.29 is 9.59 Å². The Kier molecular flexibility index (Phi) is 4.94. The maximum absolute atomic E-state index is 12.2. The van der Waals surface area contributed by atoms with Crippen LogP contribution in [0.25, 0.3) is 0 Å². The molecule has 0 radical (unpaired) electrons. The summed E-state index contributed by atoms with van der Waals surface area (Å²) in [6.45, 7) is 5.51. The summed E-state index contributed by atoms with van der Waals surface area (Å²) >= 11 is 0. The highest BCUT2D eigenvalue weighted by Gasteiger charge is 2.17. The second-order valence-corrected chi connectivity index (χ2v) is 5.37. The highest BCUT2D eigenvalue weighted by atomic mass is 16.2. The van der Waals surface area contributed by atoms with E-state index in [4.69, 9.17) is 0 Å². The summed E-state index contributed by atoms with van der Waals surface area (Å²) in [6, 6.07) is 14.2. The third-order valence-electron chi connectivity index (χ3n) is 3.42. The fourth-order valence-corrected chi connectivity index (χ4v) is 2.09. The lowest BCUT2D eigenvalue weighted by Gasteiger charge is -2.15. The monoisotopic (exact) mass is 296 g/mol. The zero-order valence-corrected chi connectivity index (χ0v) is 13.0. The van der Waals surface area contributed by atoms with Gasteiger partial charge in [0.1, 0.15) is 6.04 Å². The lowest BCUT2D eigenvalue weighted by molar-refractivity contribution is -0.117. The van der Waals surface area contributed by atoms with E-state index in [2.05, 4.69) is 10.6 Å². The van der Waals surface area contributed by atoms with Crippen molar-refractivity contribution in [3.05, 3.63) is 65.2 Å². The Morgan fingerprint density at radius 1 is 1.00 bits per heavy atom. The van der Waals surface area contributed by atoms with Crippen LogP contribution in [0.15, 0.2) is 48.5 Å². The number of para-hydroxylation sites is 1. The summed E-state index contributed by atoms with van der Waals surface area (Å²) in [5.74, 6) is -0.494. The highest BCUT2D eigenvalue weighted by Crippen LogP contribution is 2.13. The van der Waals surface area contributed by atoms with E-state index in [1.807, 2.05) is 50.2 Å². The Bertz CT molecular complexity index is 695. The summed E-state index contributed by atoms with van der Waals surface area (Å²) < 4.78 is 0. The van der Waals surface area contributed by atoms with Crippen molar-refractivity contribution in [2.75, 3.05) is 5.32 Å². The average molecular weight is 296 g/mol. The minimum Gasteiger partial charge on any atom is -0.341 e. The van der Waals surface area contributed by atoms with Crippen LogP contribution in [0.1, 0.15) is 28.4 Å². The zero-order chi connectivity index (χ0) is 16.1. The number of aryl methyl sites for hydroxylation is 2. The molecule has 2 amide bonds. The lowest BCUT2D eigenvalue weighted by Crippen LogP contribution is -2.41. The molecule has 22 heavy (non-hydrogen) atoms. The summed E-state index contributed by atoms with van der Waals surface area (Å²) in [4.78, 5) is 24.3. The van der Waals surface area contributed by atoms with Gasteiger partial charge in [-0.15, -0.1) is 0 Å². The van der Waals surface area contributed by atoms with Gasteiger partial charge in [-0.2, -0.15) is 0 Å². The summed E-state index contributed by atoms with van der Waals surface area (Å²) in [7, 11) is 0. The molecule has 0 spiro atoms. The van der Waals surface area contributed by atoms with Crippen molar-refractivity contribution in [1.29, 1.82) is 0 Å². The van der Waals surface area contributed by atoms with Crippen molar-refractivity contribution >= 4 is 17.5 Å². The fraction of sp³-hybridized carbons (Fsp3) is 0.222. The first kappa shape index (κ1) is 15.8. The number of hydrogen-bond acceptors (Lipinski definition) is 2. The molecule has 0 saturated heterocycles. The largest absolute Gasteiger partial charge is 0.341 e. The Morgan fingerprint density at radius 2 is 1.73 bits per heavy atom. The molecule has 2 aromatic carbocycles. The van der Waals surface area contributed by atoms with Gasteiger partial charge in [-0.05, 0) is 44.5 Å². The molecule has 114 valence electrons. The number of hydrogen-bond donors (Lipinski definition) is 2. The molecule has 0 aromatic heterocycles. The van der Waals surface area contributed by atoms with Gasteiger partial charge in [0.15, 0.2) is 0 Å². The molecule has 2 N–H and O–H groups in total. The van der Waals surface area contributed by atoms with Gasteiger partial charge in [0.2, 0.25) is 5.91 Å².